The molecule has 0 bridgehead atoms. The minimum atomic E-state index is 0.737. The summed E-state index contributed by atoms with van der Waals surface area (Å²) in [5.74, 6) is 0. The molecule has 0 aliphatic carbocycles. The van der Waals surface area contributed by atoms with Crippen molar-refractivity contribution in [1.82, 2.24) is 15.1 Å². The predicted molar refractivity (Wildman–Crippen MR) is 82.6 cm³/mol. The van der Waals surface area contributed by atoms with E-state index in [1.165, 1.54) is 77.8 Å². The average Bonchev–Trinajstić information content (AvgIpc) is 2.66. The number of rotatable bonds is 5. The van der Waals surface area contributed by atoms with E-state index in [1.54, 1.807) is 0 Å². The molecule has 3 heteroatoms. The van der Waals surface area contributed by atoms with E-state index < -0.39 is 0 Å². The zero-order valence-electron chi connectivity index (χ0n) is 13.0. The maximum Gasteiger partial charge on any atom is 0.0195 e. The van der Waals surface area contributed by atoms with Crippen molar-refractivity contribution < 1.29 is 0 Å². The van der Waals surface area contributed by atoms with Gasteiger partial charge in [-0.15, -0.1) is 0 Å². The topological polar surface area (TPSA) is 18.5 Å². The van der Waals surface area contributed by atoms with Crippen molar-refractivity contribution in [2.45, 2.75) is 64.5 Å². The first-order valence-corrected chi connectivity index (χ1v) is 8.53. The SMILES string of the molecule is CCCC1CN(C2CCN(CCC)CC2)CCCN1. The van der Waals surface area contributed by atoms with Crippen molar-refractivity contribution in [3.05, 3.63) is 0 Å². The second-order valence-electron chi connectivity index (χ2n) is 6.36. The summed E-state index contributed by atoms with van der Waals surface area (Å²) in [6.07, 6.45) is 8.05. The monoisotopic (exact) mass is 267 g/mol. The highest BCUT2D eigenvalue weighted by Crippen LogP contribution is 2.19. The lowest BCUT2D eigenvalue weighted by atomic mass is 10.0. The summed E-state index contributed by atoms with van der Waals surface area (Å²) >= 11 is 0. The Morgan fingerprint density at radius 3 is 2.53 bits per heavy atom. The molecule has 2 fully saturated rings. The van der Waals surface area contributed by atoms with Crippen molar-refractivity contribution in [2.24, 2.45) is 0 Å². The van der Waals surface area contributed by atoms with Crippen molar-refractivity contribution in [1.29, 1.82) is 0 Å². The van der Waals surface area contributed by atoms with Gasteiger partial charge in [-0.05, 0) is 64.8 Å². The second kappa shape index (κ2) is 8.23. The lowest BCUT2D eigenvalue weighted by molar-refractivity contribution is 0.106. The highest BCUT2D eigenvalue weighted by molar-refractivity contribution is 4.84. The highest BCUT2D eigenvalue weighted by atomic mass is 15.2. The molecule has 0 spiro atoms. The summed E-state index contributed by atoms with van der Waals surface area (Å²) in [4.78, 5) is 5.44. The number of hydrogen-bond acceptors (Lipinski definition) is 3. The molecule has 3 nitrogen and oxygen atoms in total. The molecule has 112 valence electrons. The molecule has 1 unspecified atom stereocenters. The highest BCUT2D eigenvalue weighted by Gasteiger charge is 2.26. The number of piperidine rings is 1. The molecule has 0 radical (unpaired) electrons. The number of nitrogens with zero attached hydrogens (tertiary/aromatic N) is 2. The molecule has 0 aromatic carbocycles. The van der Waals surface area contributed by atoms with Gasteiger partial charge >= 0.3 is 0 Å². The minimum absolute atomic E-state index is 0.737. The molecular weight excluding hydrogens is 234 g/mol. The predicted octanol–water partition coefficient (Wildman–Crippen LogP) is 2.32. The Labute approximate surface area is 119 Å². The van der Waals surface area contributed by atoms with Crippen LogP contribution in [-0.2, 0) is 0 Å². The van der Waals surface area contributed by atoms with E-state index in [2.05, 4.69) is 29.0 Å². The van der Waals surface area contributed by atoms with Crippen LogP contribution in [0.2, 0.25) is 0 Å². The first kappa shape index (κ1) is 15.3. The zero-order valence-corrected chi connectivity index (χ0v) is 13.0. The van der Waals surface area contributed by atoms with Crippen LogP contribution in [-0.4, -0.2) is 61.2 Å². The van der Waals surface area contributed by atoms with E-state index in [-0.39, 0.29) is 0 Å². The van der Waals surface area contributed by atoms with Crippen LogP contribution >= 0.6 is 0 Å². The molecule has 0 saturated carbocycles. The van der Waals surface area contributed by atoms with E-state index in [9.17, 15) is 0 Å². The van der Waals surface area contributed by atoms with Crippen LogP contribution in [0.15, 0.2) is 0 Å². The van der Waals surface area contributed by atoms with Crippen LogP contribution in [0.4, 0.5) is 0 Å². The van der Waals surface area contributed by atoms with Crippen LogP contribution in [0.5, 0.6) is 0 Å². The van der Waals surface area contributed by atoms with E-state index >= 15 is 0 Å². The van der Waals surface area contributed by atoms with E-state index in [0.29, 0.717) is 0 Å². The third-order valence-electron chi connectivity index (χ3n) is 4.76. The van der Waals surface area contributed by atoms with Crippen LogP contribution in [0.25, 0.3) is 0 Å². The molecule has 0 aromatic rings. The fourth-order valence-corrected chi connectivity index (χ4v) is 3.73. The lowest BCUT2D eigenvalue weighted by Gasteiger charge is -2.39. The molecule has 0 amide bonds. The Morgan fingerprint density at radius 2 is 1.84 bits per heavy atom. The molecule has 2 rings (SSSR count). The molecule has 1 atom stereocenters. The molecule has 2 heterocycles. The van der Waals surface area contributed by atoms with Gasteiger partial charge in [0.05, 0.1) is 0 Å². The maximum absolute atomic E-state index is 3.73. The molecule has 2 saturated heterocycles. The fraction of sp³-hybridized carbons (Fsp3) is 1.00. The first-order valence-electron chi connectivity index (χ1n) is 8.53. The van der Waals surface area contributed by atoms with Gasteiger partial charge in [0.2, 0.25) is 0 Å². The summed E-state index contributed by atoms with van der Waals surface area (Å²) in [7, 11) is 0. The third-order valence-corrected chi connectivity index (χ3v) is 4.76. The Bertz CT molecular complexity index is 236. The second-order valence-corrected chi connectivity index (χ2v) is 6.36. The standard InChI is InChI=1S/C16H33N3/c1-3-6-15-14-19(11-5-9-17-15)16-7-12-18(10-4-2)13-8-16/h15-17H,3-14H2,1-2H3. The molecule has 1 N–H and O–H groups in total. The maximum atomic E-state index is 3.73. The zero-order chi connectivity index (χ0) is 13.5. The Kier molecular flexibility index (Phi) is 6.62. The van der Waals surface area contributed by atoms with Gasteiger partial charge in [-0.25, -0.2) is 0 Å². The largest absolute Gasteiger partial charge is 0.313 e. The van der Waals surface area contributed by atoms with E-state index in [1.807, 2.05) is 0 Å². The Balaban J connectivity index is 1.80. The van der Waals surface area contributed by atoms with Crippen LogP contribution in [0, 0.1) is 0 Å². The van der Waals surface area contributed by atoms with Gasteiger partial charge in [0, 0.05) is 18.6 Å². The minimum Gasteiger partial charge on any atom is -0.313 e. The van der Waals surface area contributed by atoms with Gasteiger partial charge in [-0.3, -0.25) is 4.90 Å². The van der Waals surface area contributed by atoms with Gasteiger partial charge in [0.25, 0.3) is 0 Å². The van der Waals surface area contributed by atoms with Crippen molar-refractivity contribution in [3.63, 3.8) is 0 Å². The molecule has 0 aromatic heterocycles. The van der Waals surface area contributed by atoms with Gasteiger partial charge < -0.3 is 10.2 Å². The van der Waals surface area contributed by atoms with Gasteiger partial charge in [0.15, 0.2) is 0 Å². The normalized spacial score (nSPS) is 28.4. The molecule has 19 heavy (non-hydrogen) atoms. The summed E-state index contributed by atoms with van der Waals surface area (Å²) < 4.78 is 0. The number of nitrogens with one attached hydrogen (secondary N) is 1. The van der Waals surface area contributed by atoms with Crippen molar-refractivity contribution in [3.8, 4) is 0 Å². The average molecular weight is 267 g/mol. The molecule has 2 aliphatic rings. The van der Waals surface area contributed by atoms with Gasteiger partial charge in [-0.1, -0.05) is 20.3 Å². The van der Waals surface area contributed by atoms with Crippen molar-refractivity contribution in [2.75, 3.05) is 39.3 Å². The Morgan fingerprint density at radius 1 is 1.05 bits per heavy atom. The number of likely N-dealkylation sites (tertiary alicyclic amines) is 1. The van der Waals surface area contributed by atoms with E-state index in [0.717, 1.165) is 12.1 Å². The lowest BCUT2D eigenvalue weighted by Crippen LogP contribution is -2.48. The molecule has 2 aliphatic heterocycles. The van der Waals surface area contributed by atoms with E-state index in [4.69, 9.17) is 0 Å². The quantitative estimate of drug-likeness (QED) is 0.825. The third kappa shape index (κ3) is 4.73. The molecular formula is C16H33N3. The summed E-state index contributed by atoms with van der Waals surface area (Å²) in [5, 5.41) is 3.73. The van der Waals surface area contributed by atoms with Crippen molar-refractivity contribution >= 4 is 0 Å². The summed E-state index contributed by atoms with van der Waals surface area (Å²) in [5.41, 5.74) is 0. The first-order chi connectivity index (χ1) is 9.33. The fourth-order valence-electron chi connectivity index (χ4n) is 3.73. The van der Waals surface area contributed by atoms with Crippen LogP contribution < -0.4 is 5.32 Å². The number of hydrogen-bond donors (Lipinski definition) is 1. The smallest absolute Gasteiger partial charge is 0.0195 e. The van der Waals surface area contributed by atoms with Crippen LogP contribution in [0.3, 0.4) is 0 Å². The summed E-state index contributed by atoms with van der Waals surface area (Å²) in [6, 6.07) is 1.59. The van der Waals surface area contributed by atoms with Crippen LogP contribution in [0.1, 0.15) is 52.4 Å². The van der Waals surface area contributed by atoms with Gasteiger partial charge in [-0.2, -0.15) is 0 Å². The summed E-state index contributed by atoms with van der Waals surface area (Å²) in [6.45, 7) is 12.4. The van der Waals surface area contributed by atoms with Gasteiger partial charge in [0.1, 0.15) is 0 Å². The Hall–Kier alpha value is -0.120.